The Labute approximate surface area is 160 Å². The molecule has 2 aromatic carbocycles. The van der Waals surface area contributed by atoms with Gasteiger partial charge in [-0.1, -0.05) is 6.07 Å². The predicted octanol–water partition coefficient (Wildman–Crippen LogP) is 3.79. The van der Waals surface area contributed by atoms with Crippen molar-refractivity contribution in [1.82, 2.24) is 0 Å². The number of hydrogen-bond acceptors (Lipinski definition) is 3. The molecule has 0 aromatic heterocycles. The minimum absolute atomic E-state index is 0.0680. The van der Waals surface area contributed by atoms with E-state index < -0.39 is 10.0 Å². The van der Waals surface area contributed by atoms with Gasteiger partial charge in [0.15, 0.2) is 0 Å². The molecule has 1 fully saturated rings. The topological polar surface area (TPSA) is 66.5 Å². The summed E-state index contributed by atoms with van der Waals surface area (Å²) in [4.78, 5) is 14.6. The van der Waals surface area contributed by atoms with Gasteiger partial charge in [-0.25, -0.2) is 8.42 Å². The van der Waals surface area contributed by atoms with Crippen LogP contribution in [-0.4, -0.2) is 20.4 Å². The second-order valence-corrected chi connectivity index (χ2v) is 9.49. The molecule has 1 saturated carbocycles. The number of carbonyl (C=O) groups is 1. The Bertz CT molecular complexity index is 1010. The average molecular weight is 385 g/mol. The van der Waals surface area contributed by atoms with Gasteiger partial charge in [-0.3, -0.25) is 9.52 Å². The Balaban J connectivity index is 1.63. The fourth-order valence-corrected chi connectivity index (χ4v) is 4.98. The Morgan fingerprint density at radius 2 is 1.74 bits per heavy atom. The van der Waals surface area contributed by atoms with E-state index in [-0.39, 0.29) is 22.8 Å². The van der Waals surface area contributed by atoms with Gasteiger partial charge >= 0.3 is 0 Å². The second kappa shape index (κ2) is 6.37. The summed E-state index contributed by atoms with van der Waals surface area (Å²) in [5, 5.41) is 0. The first-order valence-corrected chi connectivity index (χ1v) is 10.8. The van der Waals surface area contributed by atoms with E-state index >= 15 is 0 Å². The number of nitrogens with zero attached hydrogens (tertiary/aromatic N) is 1. The zero-order valence-corrected chi connectivity index (χ0v) is 16.6. The molecule has 1 amide bonds. The standard InChI is InChI=1S/C21H24N2O3S/c1-13-8-14(2)10-18(9-13)22-27(25,26)19-6-7-20-17(12-19)11-15(3)23(20)21(24)16-4-5-16/h6-10,12,15-16,22H,4-5,11H2,1-3H3/t15-/m0/s1. The third-order valence-electron chi connectivity index (χ3n) is 5.21. The molecule has 6 heteroatoms. The molecular weight excluding hydrogens is 360 g/mol. The molecular formula is C21H24N2O3S. The zero-order chi connectivity index (χ0) is 19.3. The minimum Gasteiger partial charge on any atom is -0.309 e. The van der Waals surface area contributed by atoms with Crippen LogP contribution < -0.4 is 9.62 Å². The van der Waals surface area contributed by atoms with Crippen LogP contribution >= 0.6 is 0 Å². The van der Waals surface area contributed by atoms with Crippen LogP contribution in [0.3, 0.4) is 0 Å². The van der Waals surface area contributed by atoms with Crippen LogP contribution in [0.2, 0.25) is 0 Å². The molecule has 142 valence electrons. The van der Waals surface area contributed by atoms with Crippen molar-refractivity contribution in [3.05, 3.63) is 53.1 Å². The highest BCUT2D eigenvalue weighted by molar-refractivity contribution is 7.92. The molecule has 1 aliphatic heterocycles. The van der Waals surface area contributed by atoms with Crippen molar-refractivity contribution >= 4 is 27.3 Å². The fraction of sp³-hybridized carbons (Fsp3) is 0.381. The molecule has 0 saturated heterocycles. The lowest BCUT2D eigenvalue weighted by Gasteiger charge is -2.22. The van der Waals surface area contributed by atoms with Crippen molar-refractivity contribution < 1.29 is 13.2 Å². The molecule has 0 radical (unpaired) electrons. The number of fused-ring (bicyclic) bond motifs is 1. The molecule has 0 spiro atoms. The molecule has 1 N–H and O–H groups in total. The Morgan fingerprint density at radius 1 is 1.07 bits per heavy atom. The number of carbonyl (C=O) groups excluding carboxylic acids is 1. The number of nitrogens with one attached hydrogen (secondary N) is 1. The van der Waals surface area contributed by atoms with Crippen molar-refractivity contribution in [2.75, 3.05) is 9.62 Å². The van der Waals surface area contributed by atoms with Gasteiger partial charge in [-0.05, 0) is 87.1 Å². The lowest BCUT2D eigenvalue weighted by Crippen LogP contribution is -2.36. The highest BCUT2D eigenvalue weighted by atomic mass is 32.2. The molecule has 1 atom stereocenters. The van der Waals surface area contributed by atoms with Crippen LogP contribution in [-0.2, 0) is 21.2 Å². The first-order valence-electron chi connectivity index (χ1n) is 9.32. The van der Waals surface area contributed by atoms with E-state index in [2.05, 4.69) is 4.72 Å². The Kier molecular flexibility index (Phi) is 4.26. The SMILES string of the molecule is Cc1cc(C)cc(NS(=O)(=O)c2ccc3c(c2)C[C@H](C)N3C(=O)C2CC2)c1. The summed E-state index contributed by atoms with van der Waals surface area (Å²) in [6.45, 7) is 5.89. The van der Waals surface area contributed by atoms with Crippen LogP contribution in [0.25, 0.3) is 0 Å². The van der Waals surface area contributed by atoms with Gasteiger partial charge in [-0.15, -0.1) is 0 Å². The van der Waals surface area contributed by atoms with E-state index in [4.69, 9.17) is 0 Å². The van der Waals surface area contributed by atoms with Gasteiger partial charge in [-0.2, -0.15) is 0 Å². The molecule has 4 rings (SSSR count). The van der Waals surface area contributed by atoms with Crippen LogP contribution in [0.15, 0.2) is 41.3 Å². The third-order valence-corrected chi connectivity index (χ3v) is 6.59. The van der Waals surface area contributed by atoms with E-state index in [9.17, 15) is 13.2 Å². The van der Waals surface area contributed by atoms with E-state index in [1.54, 1.807) is 18.2 Å². The number of sulfonamides is 1. The lowest BCUT2D eigenvalue weighted by atomic mass is 10.1. The summed E-state index contributed by atoms with van der Waals surface area (Å²) in [7, 11) is -3.68. The molecule has 0 unspecified atom stereocenters. The highest BCUT2D eigenvalue weighted by Crippen LogP contribution is 2.39. The first-order chi connectivity index (χ1) is 12.7. The molecule has 2 aliphatic rings. The number of rotatable bonds is 4. The van der Waals surface area contributed by atoms with Gasteiger partial charge in [0.25, 0.3) is 10.0 Å². The highest BCUT2D eigenvalue weighted by Gasteiger charge is 2.39. The van der Waals surface area contributed by atoms with E-state index in [0.29, 0.717) is 12.1 Å². The van der Waals surface area contributed by atoms with Gasteiger partial charge < -0.3 is 4.90 Å². The summed E-state index contributed by atoms with van der Waals surface area (Å²) in [6, 6.07) is 10.8. The largest absolute Gasteiger partial charge is 0.309 e. The number of benzene rings is 2. The number of hydrogen-bond donors (Lipinski definition) is 1. The van der Waals surface area contributed by atoms with E-state index in [1.807, 2.05) is 43.9 Å². The van der Waals surface area contributed by atoms with Crippen molar-refractivity contribution in [3.8, 4) is 0 Å². The predicted molar refractivity (Wildman–Crippen MR) is 107 cm³/mol. The van der Waals surface area contributed by atoms with Crippen molar-refractivity contribution in [3.63, 3.8) is 0 Å². The van der Waals surface area contributed by atoms with Gasteiger partial charge in [0, 0.05) is 23.3 Å². The van der Waals surface area contributed by atoms with Crippen molar-refractivity contribution in [2.45, 2.75) is 51.0 Å². The number of amides is 1. The molecule has 2 aromatic rings. The molecule has 1 aliphatic carbocycles. The quantitative estimate of drug-likeness (QED) is 0.872. The summed E-state index contributed by atoms with van der Waals surface area (Å²) in [5.74, 6) is 0.318. The maximum atomic E-state index is 12.8. The normalized spacial score (nSPS) is 19.1. The van der Waals surface area contributed by atoms with Gasteiger partial charge in [0.05, 0.1) is 4.90 Å². The van der Waals surface area contributed by atoms with Crippen LogP contribution in [0.4, 0.5) is 11.4 Å². The Morgan fingerprint density at radius 3 is 2.37 bits per heavy atom. The molecule has 5 nitrogen and oxygen atoms in total. The first kappa shape index (κ1) is 18.0. The number of aryl methyl sites for hydroxylation is 2. The van der Waals surface area contributed by atoms with Gasteiger partial charge in [0.2, 0.25) is 5.91 Å². The van der Waals surface area contributed by atoms with Crippen LogP contribution in [0.5, 0.6) is 0 Å². The number of anilines is 2. The minimum atomic E-state index is -3.68. The van der Waals surface area contributed by atoms with Crippen molar-refractivity contribution in [1.29, 1.82) is 0 Å². The van der Waals surface area contributed by atoms with Crippen LogP contribution in [0, 0.1) is 19.8 Å². The fourth-order valence-electron chi connectivity index (χ4n) is 3.89. The third kappa shape index (κ3) is 3.46. The molecule has 27 heavy (non-hydrogen) atoms. The maximum Gasteiger partial charge on any atom is 0.261 e. The molecule has 1 heterocycles. The average Bonchev–Trinajstić information content (AvgIpc) is 3.35. The van der Waals surface area contributed by atoms with Crippen molar-refractivity contribution in [2.24, 2.45) is 5.92 Å². The van der Waals surface area contributed by atoms with E-state index in [1.165, 1.54) is 0 Å². The Hall–Kier alpha value is -2.34. The summed E-state index contributed by atoms with van der Waals surface area (Å²) in [6.07, 6.45) is 2.61. The summed E-state index contributed by atoms with van der Waals surface area (Å²) < 4.78 is 28.4. The second-order valence-electron chi connectivity index (χ2n) is 7.81. The smallest absolute Gasteiger partial charge is 0.261 e. The van der Waals surface area contributed by atoms with Gasteiger partial charge in [0.1, 0.15) is 0 Å². The summed E-state index contributed by atoms with van der Waals surface area (Å²) in [5.41, 5.74) is 4.34. The maximum absolute atomic E-state index is 12.8. The summed E-state index contributed by atoms with van der Waals surface area (Å²) >= 11 is 0. The molecule has 0 bridgehead atoms. The van der Waals surface area contributed by atoms with Crippen LogP contribution in [0.1, 0.15) is 36.5 Å². The van der Waals surface area contributed by atoms with E-state index in [0.717, 1.165) is 35.2 Å². The lowest BCUT2D eigenvalue weighted by molar-refractivity contribution is -0.120. The zero-order valence-electron chi connectivity index (χ0n) is 15.8. The monoisotopic (exact) mass is 384 g/mol.